The van der Waals surface area contributed by atoms with Gasteiger partial charge in [0.05, 0.1) is 22.6 Å². The highest BCUT2D eigenvalue weighted by atomic mass is 79.9. The Balaban J connectivity index is 2.31. The highest BCUT2D eigenvalue weighted by molar-refractivity contribution is 9.10. The summed E-state index contributed by atoms with van der Waals surface area (Å²) in [6, 6.07) is 5.44. The van der Waals surface area contributed by atoms with Gasteiger partial charge in [0.15, 0.2) is 0 Å². The summed E-state index contributed by atoms with van der Waals surface area (Å²) in [4.78, 5) is 27.2. The van der Waals surface area contributed by atoms with Gasteiger partial charge in [0.25, 0.3) is 5.56 Å². The molecular weight excluding hydrogens is 350 g/mol. The zero-order chi connectivity index (χ0) is 16.1. The maximum atomic E-state index is 12.3. The highest BCUT2D eigenvalue weighted by Gasteiger charge is 2.22. The molecule has 3 rings (SSSR count). The van der Waals surface area contributed by atoms with E-state index in [4.69, 9.17) is 4.74 Å². The molecule has 1 aromatic carbocycles. The van der Waals surface area contributed by atoms with Crippen LogP contribution in [0.5, 0.6) is 0 Å². The van der Waals surface area contributed by atoms with Crippen molar-refractivity contribution in [2.45, 2.75) is 26.4 Å². The molecule has 0 bridgehead atoms. The molecule has 0 aliphatic heterocycles. The maximum absolute atomic E-state index is 12.3. The van der Waals surface area contributed by atoms with Crippen LogP contribution < -0.4 is 5.56 Å². The summed E-state index contributed by atoms with van der Waals surface area (Å²) < 4.78 is 7.31. The number of ether oxygens (including phenoxy) is 1. The van der Waals surface area contributed by atoms with Crippen molar-refractivity contribution < 1.29 is 9.53 Å². The first-order valence-electron chi connectivity index (χ1n) is 6.69. The van der Waals surface area contributed by atoms with Crippen molar-refractivity contribution in [1.82, 2.24) is 14.8 Å². The Hall–Kier alpha value is -2.15. The molecule has 0 aliphatic carbocycles. The van der Waals surface area contributed by atoms with Crippen molar-refractivity contribution in [3.63, 3.8) is 0 Å². The summed E-state index contributed by atoms with van der Waals surface area (Å²) in [6.07, 6.45) is 0.761. The van der Waals surface area contributed by atoms with E-state index < -0.39 is 11.7 Å². The van der Waals surface area contributed by atoms with Gasteiger partial charge in [0, 0.05) is 9.86 Å². The summed E-state index contributed by atoms with van der Waals surface area (Å²) in [5.74, 6) is 0. The van der Waals surface area contributed by atoms with Gasteiger partial charge in [-0.25, -0.2) is 4.79 Å². The minimum absolute atomic E-state index is 0.296. The molecule has 0 atom stereocenters. The van der Waals surface area contributed by atoms with Gasteiger partial charge in [-0.15, -0.1) is 0 Å². The van der Waals surface area contributed by atoms with Crippen molar-refractivity contribution in [2.24, 2.45) is 0 Å². The van der Waals surface area contributed by atoms with Crippen molar-refractivity contribution >= 4 is 43.8 Å². The van der Waals surface area contributed by atoms with Crippen LogP contribution in [0.25, 0.3) is 21.8 Å². The van der Waals surface area contributed by atoms with Crippen molar-refractivity contribution in [3.8, 4) is 0 Å². The number of aromatic nitrogens is 3. The average Bonchev–Trinajstić information content (AvgIpc) is 2.82. The van der Waals surface area contributed by atoms with Gasteiger partial charge >= 0.3 is 6.09 Å². The minimum atomic E-state index is -0.643. The molecule has 0 radical (unpaired) electrons. The first-order valence-corrected chi connectivity index (χ1v) is 7.48. The monoisotopic (exact) mass is 363 g/mol. The second-order valence-electron chi connectivity index (χ2n) is 5.94. The van der Waals surface area contributed by atoms with Crippen LogP contribution in [0, 0.1) is 0 Å². The number of nitrogens with zero attached hydrogens (tertiary/aromatic N) is 2. The summed E-state index contributed by atoms with van der Waals surface area (Å²) in [6.45, 7) is 5.33. The van der Waals surface area contributed by atoms with Crippen LogP contribution in [0.15, 0.2) is 33.7 Å². The number of pyridine rings is 1. The van der Waals surface area contributed by atoms with Gasteiger partial charge in [0.1, 0.15) is 5.60 Å². The molecular formula is C15H14BrN3O3. The lowest BCUT2D eigenvalue weighted by atomic mass is 10.1. The number of nitrogens with one attached hydrogen (secondary N) is 1. The number of fused-ring (bicyclic) bond motifs is 3. The van der Waals surface area contributed by atoms with E-state index in [1.165, 1.54) is 6.20 Å². The smallest absolute Gasteiger partial charge is 0.435 e. The molecule has 0 saturated heterocycles. The third-order valence-electron chi connectivity index (χ3n) is 3.07. The summed E-state index contributed by atoms with van der Waals surface area (Å²) in [5, 5.41) is 5.09. The lowest BCUT2D eigenvalue weighted by Crippen LogP contribution is -2.27. The van der Waals surface area contributed by atoms with E-state index in [9.17, 15) is 9.59 Å². The number of H-pyrrole nitrogens is 1. The van der Waals surface area contributed by atoms with Crippen LogP contribution in [0.3, 0.4) is 0 Å². The maximum Gasteiger partial charge on any atom is 0.435 e. The first kappa shape index (κ1) is 14.8. The molecule has 0 amide bonds. The van der Waals surface area contributed by atoms with E-state index in [0.717, 1.165) is 14.5 Å². The lowest BCUT2D eigenvalue weighted by molar-refractivity contribution is 0.0523. The topological polar surface area (TPSA) is 77.0 Å². The summed E-state index contributed by atoms with van der Waals surface area (Å²) >= 11 is 3.36. The van der Waals surface area contributed by atoms with Crippen molar-refractivity contribution in [1.29, 1.82) is 0 Å². The van der Waals surface area contributed by atoms with Gasteiger partial charge in [-0.05, 0) is 39.0 Å². The van der Waals surface area contributed by atoms with Gasteiger partial charge in [-0.3, -0.25) is 4.79 Å². The number of carbonyl (C=O) groups excluding carboxylic acids is 1. The van der Waals surface area contributed by atoms with E-state index in [1.807, 2.05) is 12.1 Å². The summed E-state index contributed by atoms with van der Waals surface area (Å²) in [5.41, 5.74) is 0.128. The predicted molar refractivity (Wildman–Crippen MR) is 87.2 cm³/mol. The van der Waals surface area contributed by atoms with E-state index >= 15 is 0 Å². The summed E-state index contributed by atoms with van der Waals surface area (Å²) in [7, 11) is 0. The first-order chi connectivity index (χ1) is 10.3. The Kier molecular flexibility index (Phi) is 3.32. The Bertz CT molecular complexity index is 950. The van der Waals surface area contributed by atoms with Crippen molar-refractivity contribution in [3.05, 3.63) is 39.2 Å². The Labute approximate surface area is 134 Å². The molecule has 0 fully saturated rings. The molecule has 22 heavy (non-hydrogen) atoms. The quantitative estimate of drug-likeness (QED) is 0.663. The normalized spacial score (nSPS) is 12.0. The fraction of sp³-hybridized carbons (Fsp3) is 0.267. The number of hydrogen-bond donors (Lipinski definition) is 1. The van der Waals surface area contributed by atoms with Gasteiger partial charge in [-0.2, -0.15) is 9.78 Å². The third kappa shape index (κ3) is 2.52. The Morgan fingerprint density at radius 1 is 1.32 bits per heavy atom. The number of carbonyl (C=O) groups is 1. The second-order valence-corrected chi connectivity index (χ2v) is 6.86. The fourth-order valence-corrected chi connectivity index (χ4v) is 2.59. The minimum Gasteiger partial charge on any atom is -0.442 e. The number of benzene rings is 1. The van der Waals surface area contributed by atoms with Crippen LogP contribution in [0.1, 0.15) is 20.8 Å². The SMILES string of the molecule is CC(C)(C)OC(=O)n1ncc2c(=O)[nH]c3cc(Br)ccc3c21. The van der Waals surface area contributed by atoms with E-state index in [-0.39, 0.29) is 5.56 Å². The molecule has 1 N–H and O–H groups in total. The van der Waals surface area contributed by atoms with E-state index in [1.54, 1.807) is 26.8 Å². The number of rotatable bonds is 0. The number of halogens is 1. The average molecular weight is 364 g/mol. The van der Waals surface area contributed by atoms with Gasteiger partial charge in [0.2, 0.25) is 0 Å². The third-order valence-corrected chi connectivity index (χ3v) is 3.56. The fourth-order valence-electron chi connectivity index (χ4n) is 2.23. The molecule has 7 heteroatoms. The number of aromatic amines is 1. The molecule has 2 heterocycles. The zero-order valence-electron chi connectivity index (χ0n) is 12.3. The van der Waals surface area contributed by atoms with Gasteiger partial charge < -0.3 is 9.72 Å². The predicted octanol–water partition coefficient (Wildman–Crippen LogP) is 3.42. The molecule has 0 saturated carbocycles. The largest absolute Gasteiger partial charge is 0.442 e. The molecule has 114 valence electrons. The van der Waals surface area contributed by atoms with Crippen LogP contribution >= 0.6 is 15.9 Å². The standard InChI is InChI=1S/C15H14BrN3O3/c1-15(2,3)22-14(21)19-12-9-5-4-8(16)6-11(9)18-13(20)10(12)7-17-19/h4-7H,1-3H3,(H,18,20). The lowest BCUT2D eigenvalue weighted by Gasteiger charge is -2.19. The van der Waals surface area contributed by atoms with Crippen LogP contribution in [0.2, 0.25) is 0 Å². The van der Waals surface area contributed by atoms with Crippen LogP contribution in [0.4, 0.5) is 4.79 Å². The molecule has 0 aliphatic rings. The second kappa shape index (κ2) is 4.95. The Morgan fingerprint density at radius 3 is 2.73 bits per heavy atom. The van der Waals surface area contributed by atoms with Gasteiger partial charge in [-0.1, -0.05) is 15.9 Å². The molecule has 2 aromatic heterocycles. The van der Waals surface area contributed by atoms with Crippen LogP contribution in [-0.2, 0) is 4.74 Å². The van der Waals surface area contributed by atoms with Crippen LogP contribution in [-0.4, -0.2) is 26.5 Å². The van der Waals surface area contributed by atoms with E-state index in [0.29, 0.717) is 16.4 Å². The molecule has 0 unspecified atom stereocenters. The molecule has 6 nitrogen and oxygen atoms in total. The highest BCUT2D eigenvalue weighted by Crippen LogP contribution is 2.24. The Morgan fingerprint density at radius 2 is 2.05 bits per heavy atom. The molecule has 0 spiro atoms. The number of hydrogen-bond acceptors (Lipinski definition) is 4. The zero-order valence-corrected chi connectivity index (χ0v) is 13.9. The molecule has 3 aromatic rings. The van der Waals surface area contributed by atoms with E-state index in [2.05, 4.69) is 26.0 Å². The van der Waals surface area contributed by atoms with Crippen molar-refractivity contribution in [2.75, 3.05) is 0 Å².